The summed E-state index contributed by atoms with van der Waals surface area (Å²) in [4.78, 5) is 12.5. The van der Waals surface area contributed by atoms with Gasteiger partial charge in [0.25, 0.3) is 0 Å². The summed E-state index contributed by atoms with van der Waals surface area (Å²) in [5, 5.41) is 6.10. The van der Waals surface area contributed by atoms with E-state index in [1.807, 2.05) is 43.3 Å². The number of para-hydroxylation sites is 1. The topological polar surface area (TPSA) is 78.8 Å². The summed E-state index contributed by atoms with van der Waals surface area (Å²) in [6.45, 7) is 3.80. The lowest BCUT2D eigenvalue weighted by Crippen LogP contribution is -2.27. The summed E-state index contributed by atoms with van der Waals surface area (Å²) in [6.07, 6.45) is 1.96. The van der Waals surface area contributed by atoms with Gasteiger partial charge in [-0.25, -0.2) is 13.4 Å². The second-order valence-corrected chi connectivity index (χ2v) is 8.38. The number of nitrogens with zero attached hydrogens (tertiary/aromatic N) is 2. The highest BCUT2D eigenvalue weighted by Crippen LogP contribution is 2.37. The van der Waals surface area contributed by atoms with E-state index in [0.29, 0.717) is 18.5 Å². The van der Waals surface area contributed by atoms with Crippen molar-refractivity contribution in [2.24, 2.45) is 5.10 Å². The van der Waals surface area contributed by atoms with E-state index in [2.05, 4.69) is 9.82 Å². The van der Waals surface area contributed by atoms with Crippen LogP contribution in [0.4, 0.5) is 5.69 Å². The highest BCUT2D eigenvalue weighted by atomic mass is 32.2. The van der Waals surface area contributed by atoms with Crippen LogP contribution < -0.4 is 4.72 Å². The van der Waals surface area contributed by atoms with Crippen LogP contribution in [-0.4, -0.2) is 31.3 Å². The van der Waals surface area contributed by atoms with Crippen LogP contribution in [0, 0.1) is 6.92 Å². The molecule has 0 aromatic heterocycles. The Morgan fingerprint density at radius 3 is 2.52 bits per heavy atom. The monoisotopic (exact) mass is 385 g/mol. The number of hydrogen-bond donors (Lipinski definition) is 1. The Hall–Kier alpha value is -2.67. The van der Waals surface area contributed by atoms with Crippen molar-refractivity contribution in [1.82, 2.24) is 5.01 Å². The number of hydrazone groups is 1. The number of sulfonamides is 1. The number of amides is 1. The molecule has 3 rings (SSSR count). The van der Waals surface area contributed by atoms with E-state index in [1.165, 1.54) is 5.01 Å². The second kappa shape index (κ2) is 7.52. The van der Waals surface area contributed by atoms with Crippen LogP contribution in [0.15, 0.2) is 53.6 Å². The second-order valence-electron chi connectivity index (χ2n) is 6.63. The van der Waals surface area contributed by atoms with E-state index in [0.717, 1.165) is 28.7 Å². The van der Waals surface area contributed by atoms with Crippen molar-refractivity contribution in [3.8, 4) is 0 Å². The van der Waals surface area contributed by atoms with Crippen LogP contribution in [0.3, 0.4) is 0 Å². The zero-order chi connectivity index (χ0) is 19.6. The Labute approximate surface area is 159 Å². The van der Waals surface area contributed by atoms with Crippen molar-refractivity contribution in [3.63, 3.8) is 0 Å². The SMILES string of the molecule is CCC(=O)N1N=C(c2ccccc2C)CC1c1ccccc1NS(C)(=O)=O. The number of aryl methyl sites for hydroxylation is 1. The van der Waals surface area contributed by atoms with E-state index >= 15 is 0 Å². The molecule has 6 nitrogen and oxygen atoms in total. The van der Waals surface area contributed by atoms with Gasteiger partial charge in [0, 0.05) is 24.0 Å². The molecule has 1 atom stereocenters. The molecule has 1 amide bonds. The molecule has 0 spiro atoms. The molecule has 1 unspecified atom stereocenters. The van der Waals surface area contributed by atoms with E-state index in [4.69, 9.17) is 0 Å². The molecule has 0 aliphatic carbocycles. The molecule has 1 heterocycles. The molecule has 27 heavy (non-hydrogen) atoms. The predicted octanol–water partition coefficient (Wildman–Crippen LogP) is 3.45. The van der Waals surface area contributed by atoms with Crippen LogP contribution in [0.1, 0.15) is 42.5 Å². The molecular formula is C20H23N3O3S. The van der Waals surface area contributed by atoms with Gasteiger partial charge in [-0.2, -0.15) is 5.10 Å². The third kappa shape index (κ3) is 4.19. The molecule has 0 radical (unpaired) electrons. The number of benzene rings is 2. The maximum Gasteiger partial charge on any atom is 0.242 e. The molecule has 1 N–H and O–H groups in total. The molecule has 7 heteroatoms. The van der Waals surface area contributed by atoms with Crippen molar-refractivity contribution in [2.75, 3.05) is 11.0 Å². The van der Waals surface area contributed by atoms with Gasteiger partial charge in [-0.1, -0.05) is 49.4 Å². The Bertz CT molecular complexity index is 999. The van der Waals surface area contributed by atoms with E-state index in [9.17, 15) is 13.2 Å². The molecule has 0 bridgehead atoms. The quantitative estimate of drug-likeness (QED) is 0.856. The Morgan fingerprint density at radius 2 is 1.85 bits per heavy atom. The highest BCUT2D eigenvalue weighted by Gasteiger charge is 2.34. The van der Waals surface area contributed by atoms with Crippen molar-refractivity contribution in [1.29, 1.82) is 0 Å². The van der Waals surface area contributed by atoms with Crippen molar-refractivity contribution >= 4 is 27.3 Å². The minimum Gasteiger partial charge on any atom is -0.283 e. The summed E-state index contributed by atoms with van der Waals surface area (Å²) in [6, 6.07) is 14.7. The van der Waals surface area contributed by atoms with Gasteiger partial charge in [0.05, 0.1) is 23.7 Å². The Kier molecular flexibility index (Phi) is 5.32. The average molecular weight is 385 g/mol. The summed E-state index contributed by atoms with van der Waals surface area (Å²) in [7, 11) is -3.44. The zero-order valence-electron chi connectivity index (χ0n) is 15.6. The predicted molar refractivity (Wildman–Crippen MR) is 107 cm³/mol. The normalized spacial score (nSPS) is 16.9. The lowest BCUT2D eigenvalue weighted by molar-refractivity contribution is -0.132. The standard InChI is InChI=1S/C20H23N3O3S/c1-4-20(24)23-19(13-18(21-23)15-10-6-5-9-14(15)2)16-11-7-8-12-17(16)22-27(3,25)26/h5-12,19,22H,4,13H2,1-3H3. The fourth-order valence-electron chi connectivity index (χ4n) is 3.28. The van der Waals surface area contributed by atoms with Crippen molar-refractivity contribution in [2.45, 2.75) is 32.7 Å². The molecule has 1 aliphatic rings. The van der Waals surface area contributed by atoms with Gasteiger partial charge in [-0.3, -0.25) is 9.52 Å². The molecule has 2 aromatic carbocycles. The van der Waals surface area contributed by atoms with Crippen LogP contribution in [0.25, 0.3) is 0 Å². The largest absolute Gasteiger partial charge is 0.283 e. The van der Waals surface area contributed by atoms with Crippen LogP contribution in [-0.2, 0) is 14.8 Å². The maximum absolute atomic E-state index is 12.5. The molecular weight excluding hydrogens is 362 g/mol. The minimum atomic E-state index is -3.44. The maximum atomic E-state index is 12.5. The van der Waals surface area contributed by atoms with Gasteiger partial charge >= 0.3 is 0 Å². The fourth-order valence-corrected chi connectivity index (χ4v) is 3.87. The third-order valence-corrected chi connectivity index (χ3v) is 5.13. The van der Waals surface area contributed by atoms with Crippen molar-refractivity contribution in [3.05, 3.63) is 65.2 Å². The first-order valence-corrected chi connectivity index (χ1v) is 10.7. The summed E-state index contributed by atoms with van der Waals surface area (Å²) >= 11 is 0. The van der Waals surface area contributed by atoms with Gasteiger partial charge in [-0.05, 0) is 18.6 Å². The van der Waals surface area contributed by atoms with Crippen LogP contribution in [0.2, 0.25) is 0 Å². The molecule has 0 saturated carbocycles. The van der Waals surface area contributed by atoms with Gasteiger partial charge < -0.3 is 0 Å². The Balaban J connectivity index is 2.04. The van der Waals surface area contributed by atoms with Crippen LogP contribution in [0.5, 0.6) is 0 Å². The summed E-state index contributed by atoms with van der Waals surface area (Å²) in [5.41, 5.74) is 4.12. The van der Waals surface area contributed by atoms with Gasteiger partial charge in [0.15, 0.2) is 0 Å². The third-order valence-electron chi connectivity index (χ3n) is 4.54. The summed E-state index contributed by atoms with van der Waals surface area (Å²) < 4.78 is 26.1. The first-order chi connectivity index (χ1) is 12.8. The number of anilines is 1. The van der Waals surface area contributed by atoms with Gasteiger partial charge in [0.2, 0.25) is 15.9 Å². The smallest absolute Gasteiger partial charge is 0.242 e. The molecule has 0 fully saturated rings. The lowest BCUT2D eigenvalue weighted by Gasteiger charge is -2.24. The average Bonchev–Trinajstić information content (AvgIpc) is 3.05. The summed E-state index contributed by atoms with van der Waals surface area (Å²) in [5.74, 6) is -0.0993. The molecule has 2 aromatic rings. The van der Waals surface area contributed by atoms with E-state index in [-0.39, 0.29) is 11.9 Å². The van der Waals surface area contributed by atoms with Gasteiger partial charge in [0.1, 0.15) is 0 Å². The number of carbonyl (C=O) groups excluding carboxylic acids is 1. The number of carbonyl (C=O) groups is 1. The Morgan fingerprint density at radius 1 is 1.19 bits per heavy atom. The van der Waals surface area contributed by atoms with E-state index in [1.54, 1.807) is 19.1 Å². The lowest BCUT2D eigenvalue weighted by atomic mass is 9.95. The van der Waals surface area contributed by atoms with Crippen molar-refractivity contribution < 1.29 is 13.2 Å². The molecule has 142 valence electrons. The molecule has 0 saturated heterocycles. The fraction of sp³-hybridized carbons (Fsp3) is 0.300. The minimum absolute atomic E-state index is 0.0993. The molecule has 1 aliphatic heterocycles. The number of rotatable bonds is 5. The number of hydrogen-bond acceptors (Lipinski definition) is 4. The number of nitrogens with one attached hydrogen (secondary N) is 1. The van der Waals surface area contributed by atoms with Gasteiger partial charge in [-0.15, -0.1) is 0 Å². The van der Waals surface area contributed by atoms with E-state index < -0.39 is 10.0 Å². The zero-order valence-corrected chi connectivity index (χ0v) is 16.5. The highest BCUT2D eigenvalue weighted by molar-refractivity contribution is 7.92. The first-order valence-electron chi connectivity index (χ1n) is 8.82. The van der Waals surface area contributed by atoms with Crippen LogP contribution >= 0.6 is 0 Å². The first kappa shape index (κ1) is 19.1.